The summed E-state index contributed by atoms with van der Waals surface area (Å²) in [4.78, 5) is 12.5. The van der Waals surface area contributed by atoms with Gasteiger partial charge in [-0.1, -0.05) is 11.6 Å². The van der Waals surface area contributed by atoms with E-state index in [1.807, 2.05) is 19.1 Å². The first-order valence-corrected chi connectivity index (χ1v) is 11.0. The molecule has 1 heterocycles. The molecule has 2 N–H and O–H groups in total. The summed E-state index contributed by atoms with van der Waals surface area (Å²) >= 11 is 0. The van der Waals surface area contributed by atoms with E-state index in [1.165, 1.54) is 19.2 Å². The number of nitrogens with one attached hydrogen (secondary N) is 2. The molecule has 0 aliphatic rings. The molecule has 0 radical (unpaired) electrons. The summed E-state index contributed by atoms with van der Waals surface area (Å²) in [6, 6.07) is 16.1. The summed E-state index contributed by atoms with van der Waals surface area (Å²) in [6.07, 6.45) is 0. The molecule has 0 aliphatic carbocycles. The Morgan fingerprint density at radius 2 is 1.75 bits per heavy atom. The smallest absolute Gasteiger partial charge is 0.291 e. The van der Waals surface area contributed by atoms with E-state index in [0.717, 1.165) is 35.2 Å². The predicted octanol–water partition coefficient (Wildman–Crippen LogP) is 4.94. The van der Waals surface area contributed by atoms with Gasteiger partial charge in [-0.3, -0.25) is 9.52 Å². The van der Waals surface area contributed by atoms with Crippen LogP contribution in [0.25, 0.3) is 11.0 Å². The number of furan rings is 1. The van der Waals surface area contributed by atoms with Gasteiger partial charge in [-0.2, -0.15) is 0 Å². The maximum absolute atomic E-state index is 13.1. The number of halogens is 1. The SMILES string of the molecule is COc1ccc(NC(=O)c2cc3cc(C)ccc3o2)cc1NS(=O)(=O)c1ccc(F)cc1. The number of hydrogen-bond acceptors (Lipinski definition) is 5. The quantitative estimate of drug-likeness (QED) is 0.430. The molecular weight excluding hydrogens is 435 g/mol. The molecule has 1 amide bonds. The summed E-state index contributed by atoms with van der Waals surface area (Å²) in [7, 11) is -2.62. The molecule has 0 saturated carbocycles. The molecule has 0 unspecified atom stereocenters. The lowest BCUT2D eigenvalue weighted by molar-refractivity contribution is 0.0998. The van der Waals surface area contributed by atoms with Crippen LogP contribution < -0.4 is 14.8 Å². The molecule has 9 heteroatoms. The zero-order valence-corrected chi connectivity index (χ0v) is 18.0. The normalized spacial score (nSPS) is 11.3. The Hall–Kier alpha value is -3.85. The largest absolute Gasteiger partial charge is 0.495 e. The van der Waals surface area contributed by atoms with Gasteiger partial charge < -0.3 is 14.5 Å². The van der Waals surface area contributed by atoms with Crippen molar-refractivity contribution in [3.63, 3.8) is 0 Å². The van der Waals surface area contributed by atoms with Crippen LogP contribution in [0.3, 0.4) is 0 Å². The second-order valence-electron chi connectivity index (χ2n) is 7.08. The van der Waals surface area contributed by atoms with Crippen molar-refractivity contribution in [1.82, 2.24) is 0 Å². The Bertz CT molecular complexity index is 1410. The second-order valence-corrected chi connectivity index (χ2v) is 8.76. The number of sulfonamides is 1. The molecule has 164 valence electrons. The fraction of sp³-hybridized carbons (Fsp3) is 0.0870. The van der Waals surface area contributed by atoms with E-state index in [0.29, 0.717) is 11.3 Å². The lowest BCUT2D eigenvalue weighted by Crippen LogP contribution is -2.15. The minimum absolute atomic E-state index is 0.106. The summed E-state index contributed by atoms with van der Waals surface area (Å²) in [5, 5.41) is 3.49. The Kier molecular flexibility index (Phi) is 5.58. The standard InChI is InChI=1S/C23H19FN2O5S/c1-14-3-9-20-15(11-14)12-22(31-20)23(27)25-17-6-10-21(30-2)19(13-17)26-32(28,29)18-7-4-16(24)5-8-18/h3-13,26H,1-2H3,(H,25,27). The van der Waals surface area contributed by atoms with Gasteiger partial charge in [0.15, 0.2) is 5.76 Å². The fourth-order valence-corrected chi connectivity index (χ4v) is 4.21. The molecule has 0 bridgehead atoms. The van der Waals surface area contributed by atoms with Crippen molar-refractivity contribution >= 4 is 38.3 Å². The molecule has 0 atom stereocenters. The zero-order valence-electron chi connectivity index (χ0n) is 17.2. The van der Waals surface area contributed by atoms with E-state index in [9.17, 15) is 17.6 Å². The van der Waals surface area contributed by atoms with Crippen LogP contribution in [0.2, 0.25) is 0 Å². The molecule has 0 aliphatic heterocycles. The third-order valence-corrected chi connectivity index (χ3v) is 6.10. The number of fused-ring (bicyclic) bond motifs is 1. The fourth-order valence-electron chi connectivity index (χ4n) is 3.15. The van der Waals surface area contributed by atoms with Crippen LogP contribution in [-0.4, -0.2) is 21.4 Å². The van der Waals surface area contributed by atoms with Gasteiger partial charge in [-0.05, 0) is 67.6 Å². The third-order valence-electron chi connectivity index (χ3n) is 4.72. The number of amides is 1. The average Bonchev–Trinajstić information content (AvgIpc) is 3.17. The summed E-state index contributed by atoms with van der Waals surface area (Å²) < 4.78 is 51.7. The van der Waals surface area contributed by atoms with Gasteiger partial charge in [0.25, 0.3) is 15.9 Å². The van der Waals surface area contributed by atoms with Gasteiger partial charge in [-0.25, -0.2) is 12.8 Å². The monoisotopic (exact) mass is 454 g/mol. The second kappa shape index (κ2) is 8.35. The first kappa shape index (κ1) is 21.4. The number of hydrogen-bond donors (Lipinski definition) is 2. The Morgan fingerprint density at radius 3 is 2.47 bits per heavy atom. The van der Waals surface area contributed by atoms with E-state index in [-0.39, 0.29) is 22.1 Å². The van der Waals surface area contributed by atoms with Gasteiger partial charge in [0, 0.05) is 11.1 Å². The molecule has 0 saturated heterocycles. The number of benzene rings is 3. The Morgan fingerprint density at radius 1 is 1.00 bits per heavy atom. The lowest BCUT2D eigenvalue weighted by atomic mass is 10.2. The minimum Gasteiger partial charge on any atom is -0.495 e. The molecule has 32 heavy (non-hydrogen) atoms. The Labute approximate surface area is 183 Å². The molecule has 3 aromatic carbocycles. The van der Waals surface area contributed by atoms with Crippen molar-refractivity contribution in [2.24, 2.45) is 0 Å². The van der Waals surface area contributed by atoms with Crippen LogP contribution in [-0.2, 0) is 10.0 Å². The molecule has 4 aromatic rings. The predicted molar refractivity (Wildman–Crippen MR) is 119 cm³/mol. The van der Waals surface area contributed by atoms with Crippen LogP contribution in [0.5, 0.6) is 5.75 Å². The maximum Gasteiger partial charge on any atom is 0.291 e. The first-order valence-electron chi connectivity index (χ1n) is 9.53. The van der Waals surface area contributed by atoms with Crippen LogP contribution in [0.1, 0.15) is 16.1 Å². The van der Waals surface area contributed by atoms with E-state index in [4.69, 9.17) is 9.15 Å². The van der Waals surface area contributed by atoms with Crippen molar-refractivity contribution < 1.29 is 26.8 Å². The lowest BCUT2D eigenvalue weighted by Gasteiger charge is -2.14. The van der Waals surface area contributed by atoms with Crippen LogP contribution in [0, 0.1) is 12.7 Å². The molecule has 0 fully saturated rings. The van der Waals surface area contributed by atoms with E-state index < -0.39 is 21.7 Å². The number of rotatable bonds is 6. The van der Waals surface area contributed by atoms with Crippen LogP contribution in [0.4, 0.5) is 15.8 Å². The maximum atomic E-state index is 13.1. The number of carbonyl (C=O) groups is 1. The highest BCUT2D eigenvalue weighted by atomic mass is 32.2. The van der Waals surface area contributed by atoms with E-state index >= 15 is 0 Å². The van der Waals surface area contributed by atoms with Crippen molar-refractivity contribution in [3.8, 4) is 5.75 Å². The average molecular weight is 454 g/mol. The number of methoxy groups -OCH3 is 1. The first-order chi connectivity index (χ1) is 15.2. The number of ether oxygens (including phenoxy) is 1. The van der Waals surface area contributed by atoms with Gasteiger partial charge in [0.1, 0.15) is 17.1 Å². The van der Waals surface area contributed by atoms with Gasteiger partial charge >= 0.3 is 0 Å². The highest BCUT2D eigenvalue weighted by Gasteiger charge is 2.18. The summed E-state index contributed by atoms with van der Waals surface area (Å²) in [5.41, 5.74) is 2.06. The van der Waals surface area contributed by atoms with Crippen LogP contribution >= 0.6 is 0 Å². The van der Waals surface area contributed by atoms with Gasteiger partial charge in [0.05, 0.1) is 17.7 Å². The summed E-state index contributed by atoms with van der Waals surface area (Å²) in [5.74, 6) is -0.675. The highest BCUT2D eigenvalue weighted by molar-refractivity contribution is 7.92. The molecule has 0 spiro atoms. The third kappa shape index (κ3) is 4.42. The zero-order chi connectivity index (χ0) is 22.9. The Balaban J connectivity index is 1.59. The van der Waals surface area contributed by atoms with Crippen LogP contribution in [0.15, 0.2) is 76.0 Å². The topological polar surface area (TPSA) is 97.6 Å². The number of aryl methyl sites for hydroxylation is 1. The summed E-state index contributed by atoms with van der Waals surface area (Å²) in [6.45, 7) is 1.94. The van der Waals surface area contributed by atoms with E-state index in [1.54, 1.807) is 18.2 Å². The number of anilines is 2. The minimum atomic E-state index is -4.01. The highest BCUT2D eigenvalue weighted by Crippen LogP contribution is 2.30. The van der Waals surface area contributed by atoms with Gasteiger partial charge in [0.2, 0.25) is 0 Å². The molecular formula is C23H19FN2O5S. The van der Waals surface area contributed by atoms with E-state index in [2.05, 4.69) is 10.0 Å². The molecule has 4 rings (SSSR count). The van der Waals surface area contributed by atoms with Crippen molar-refractivity contribution in [2.75, 3.05) is 17.1 Å². The van der Waals surface area contributed by atoms with Crippen molar-refractivity contribution in [3.05, 3.63) is 83.9 Å². The van der Waals surface area contributed by atoms with Crippen molar-refractivity contribution in [2.45, 2.75) is 11.8 Å². The van der Waals surface area contributed by atoms with Gasteiger partial charge in [-0.15, -0.1) is 0 Å². The number of carbonyl (C=O) groups excluding carboxylic acids is 1. The molecule has 7 nitrogen and oxygen atoms in total. The van der Waals surface area contributed by atoms with Crippen molar-refractivity contribution in [1.29, 1.82) is 0 Å². The molecule has 1 aromatic heterocycles.